The summed E-state index contributed by atoms with van der Waals surface area (Å²) in [5.41, 5.74) is 5.42. The monoisotopic (exact) mass is 301 g/mol. The van der Waals surface area contributed by atoms with Gasteiger partial charge in [-0.05, 0) is 36.8 Å². The average Bonchev–Trinajstić information content (AvgIpc) is 2.49. The number of nitrogens with zero attached hydrogens (tertiary/aromatic N) is 1. The Morgan fingerprint density at radius 3 is 2.48 bits per heavy atom. The molecule has 4 nitrogen and oxygen atoms in total. The van der Waals surface area contributed by atoms with E-state index < -0.39 is 0 Å². The number of benzene rings is 2. The molecule has 0 bridgehead atoms. The Kier molecular flexibility index (Phi) is 5.35. The number of hydrogen-bond donors (Lipinski definition) is 2. The summed E-state index contributed by atoms with van der Waals surface area (Å²) in [6, 6.07) is 15.0. The predicted octanol–water partition coefficient (Wildman–Crippen LogP) is 3.21. The predicted molar refractivity (Wildman–Crippen MR) is 86.9 cm³/mol. The lowest BCUT2D eigenvalue weighted by Gasteiger charge is -2.05. The van der Waals surface area contributed by atoms with Crippen LogP contribution in [-0.2, 0) is 4.79 Å². The van der Waals surface area contributed by atoms with Crippen LogP contribution in [0.5, 0.6) is 0 Å². The third kappa shape index (κ3) is 5.28. The summed E-state index contributed by atoms with van der Waals surface area (Å²) in [7, 11) is 0. The Hall–Kier alpha value is -2.33. The molecular weight excluding hydrogens is 286 g/mol. The molecule has 108 valence electrons. The van der Waals surface area contributed by atoms with Gasteiger partial charge in [-0.1, -0.05) is 41.4 Å². The van der Waals surface area contributed by atoms with E-state index in [2.05, 4.69) is 15.8 Å². The lowest BCUT2D eigenvalue weighted by molar-refractivity contribution is -0.119. The molecule has 21 heavy (non-hydrogen) atoms. The first kappa shape index (κ1) is 15.1. The van der Waals surface area contributed by atoms with Crippen molar-refractivity contribution in [3.63, 3.8) is 0 Å². The molecule has 5 heteroatoms. The second-order valence-electron chi connectivity index (χ2n) is 4.56. The Morgan fingerprint density at radius 2 is 1.81 bits per heavy atom. The number of carbonyl (C=O) groups excluding carboxylic acids is 1. The van der Waals surface area contributed by atoms with Crippen LogP contribution in [0, 0.1) is 6.92 Å². The van der Waals surface area contributed by atoms with Gasteiger partial charge in [0.2, 0.25) is 0 Å². The fourth-order valence-electron chi connectivity index (χ4n) is 1.62. The van der Waals surface area contributed by atoms with Crippen molar-refractivity contribution in [3.8, 4) is 0 Å². The van der Waals surface area contributed by atoms with Gasteiger partial charge in [-0.3, -0.25) is 4.79 Å². The summed E-state index contributed by atoms with van der Waals surface area (Å²) >= 11 is 5.78. The first-order valence-electron chi connectivity index (χ1n) is 6.51. The number of aryl methyl sites for hydroxylation is 1. The molecule has 2 aromatic rings. The number of amides is 1. The molecule has 0 aromatic heterocycles. The van der Waals surface area contributed by atoms with E-state index in [0.29, 0.717) is 5.02 Å². The van der Waals surface area contributed by atoms with E-state index in [1.165, 1.54) is 5.56 Å². The minimum absolute atomic E-state index is 0.146. The number of rotatable bonds is 5. The highest BCUT2D eigenvalue weighted by atomic mass is 35.5. The molecule has 0 radical (unpaired) electrons. The van der Waals surface area contributed by atoms with Gasteiger partial charge < -0.3 is 5.32 Å². The summed E-state index contributed by atoms with van der Waals surface area (Å²) in [4.78, 5) is 11.6. The van der Waals surface area contributed by atoms with E-state index in [-0.39, 0.29) is 12.5 Å². The minimum atomic E-state index is -0.215. The third-order valence-corrected chi connectivity index (χ3v) is 3.03. The first-order chi connectivity index (χ1) is 10.1. The molecule has 0 heterocycles. The van der Waals surface area contributed by atoms with E-state index in [0.717, 1.165) is 11.3 Å². The number of nitrogens with one attached hydrogen (secondary N) is 2. The zero-order valence-electron chi connectivity index (χ0n) is 11.6. The highest BCUT2D eigenvalue weighted by Gasteiger charge is 1.99. The third-order valence-electron chi connectivity index (χ3n) is 2.78. The Balaban J connectivity index is 1.77. The maximum atomic E-state index is 11.6. The number of hydrogen-bond acceptors (Lipinski definition) is 3. The summed E-state index contributed by atoms with van der Waals surface area (Å²) in [5, 5.41) is 7.56. The molecule has 0 aliphatic rings. The molecule has 2 rings (SSSR count). The normalized spacial score (nSPS) is 10.6. The molecule has 0 aliphatic carbocycles. The molecule has 2 N–H and O–H groups in total. The van der Waals surface area contributed by atoms with E-state index in [4.69, 9.17) is 11.6 Å². The van der Waals surface area contributed by atoms with Crippen molar-refractivity contribution in [2.45, 2.75) is 6.92 Å². The van der Waals surface area contributed by atoms with Crippen LogP contribution in [0.3, 0.4) is 0 Å². The Bertz CT molecular complexity index is 621. The largest absolute Gasteiger partial charge is 0.376 e. The summed E-state index contributed by atoms with van der Waals surface area (Å²) in [5.74, 6) is -0.215. The van der Waals surface area contributed by atoms with Gasteiger partial charge in [0, 0.05) is 10.7 Å². The zero-order chi connectivity index (χ0) is 15.1. The summed E-state index contributed by atoms with van der Waals surface area (Å²) in [6.07, 6.45) is 1.61. The molecule has 0 saturated heterocycles. The molecule has 1 amide bonds. The van der Waals surface area contributed by atoms with E-state index in [9.17, 15) is 4.79 Å². The van der Waals surface area contributed by atoms with Crippen molar-refractivity contribution < 1.29 is 4.79 Å². The number of halogens is 1. The van der Waals surface area contributed by atoms with Crippen LogP contribution < -0.4 is 10.7 Å². The first-order valence-corrected chi connectivity index (χ1v) is 6.89. The summed E-state index contributed by atoms with van der Waals surface area (Å²) < 4.78 is 0. The van der Waals surface area contributed by atoms with Gasteiger partial charge in [0.15, 0.2) is 0 Å². The standard InChI is InChI=1S/C16H16ClN3O/c1-12-2-4-13(5-3-12)10-19-20-16(21)11-18-15-8-6-14(17)7-9-15/h2-10,18H,11H2,1H3,(H,20,21). The molecular formula is C16H16ClN3O. The molecule has 0 aliphatic heterocycles. The van der Waals surface area contributed by atoms with Crippen molar-refractivity contribution in [1.82, 2.24) is 5.43 Å². The molecule has 0 saturated carbocycles. The molecule has 0 spiro atoms. The van der Waals surface area contributed by atoms with Crippen LogP contribution in [0.1, 0.15) is 11.1 Å². The van der Waals surface area contributed by atoms with Gasteiger partial charge in [-0.25, -0.2) is 5.43 Å². The van der Waals surface area contributed by atoms with Gasteiger partial charge in [0.05, 0.1) is 12.8 Å². The van der Waals surface area contributed by atoms with Crippen molar-refractivity contribution in [3.05, 3.63) is 64.7 Å². The summed E-state index contributed by atoms with van der Waals surface area (Å²) in [6.45, 7) is 2.16. The second-order valence-corrected chi connectivity index (χ2v) is 5.00. The van der Waals surface area contributed by atoms with Crippen LogP contribution in [0.25, 0.3) is 0 Å². The zero-order valence-corrected chi connectivity index (χ0v) is 12.4. The van der Waals surface area contributed by atoms with Crippen molar-refractivity contribution in [1.29, 1.82) is 0 Å². The minimum Gasteiger partial charge on any atom is -0.376 e. The van der Waals surface area contributed by atoms with Crippen molar-refractivity contribution in [2.24, 2.45) is 5.10 Å². The van der Waals surface area contributed by atoms with E-state index >= 15 is 0 Å². The molecule has 2 aromatic carbocycles. The maximum absolute atomic E-state index is 11.6. The van der Waals surface area contributed by atoms with Crippen molar-refractivity contribution >= 4 is 29.4 Å². The fraction of sp³-hybridized carbons (Fsp3) is 0.125. The van der Waals surface area contributed by atoms with Crippen LogP contribution in [-0.4, -0.2) is 18.7 Å². The van der Waals surface area contributed by atoms with Crippen LogP contribution in [0.15, 0.2) is 53.6 Å². The van der Waals surface area contributed by atoms with Gasteiger partial charge in [0.25, 0.3) is 5.91 Å². The smallest absolute Gasteiger partial charge is 0.259 e. The topological polar surface area (TPSA) is 53.5 Å². The Morgan fingerprint density at radius 1 is 1.14 bits per heavy atom. The van der Waals surface area contributed by atoms with Gasteiger partial charge in [-0.2, -0.15) is 5.10 Å². The van der Waals surface area contributed by atoms with Gasteiger partial charge >= 0.3 is 0 Å². The highest BCUT2D eigenvalue weighted by Crippen LogP contribution is 2.12. The second kappa shape index (κ2) is 7.45. The fourth-order valence-corrected chi connectivity index (χ4v) is 1.75. The number of hydrazone groups is 1. The van der Waals surface area contributed by atoms with Gasteiger partial charge in [-0.15, -0.1) is 0 Å². The molecule has 0 fully saturated rings. The molecule has 0 unspecified atom stereocenters. The SMILES string of the molecule is Cc1ccc(C=NNC(=O)CNc2ccc(Cl)cc2)cc1. The van der Waals surface area contributed by atoms with E-state index in [1.807, 2.05) is 43.3 Å². The Labute approximate surface area is 128 Å². The number of carbonyl (C=O) groups is 1. The lowest BCUT2D eigenvalue weighted by Crippen LogP contribution is -2.25. The van der Waals surface area contributed by atoms with Crippen LogP contribution >= 0.6 is 11.6 Å². The average molecular weight is 302 g/mol. The lowest BCUT2D eigenvalue weighted by atomic mass is 10.2. The van der Waals surface area contributed by atoms with E-state index in [1.54, 1.807) is 18.3 Å². The van der Waals surface area contributed by atoms with Gasteiger partial charge in [0.1, 0.15) is 0 Å². The highest BCUT2D eigenvalue weighted by molar-refractivity contribution is 6.30. The van der Waals surface area contributed by atoms with Crippen molar-refractivity contribution in [2.75, 3.05) is 11.9 Å². The molecule has 0 atom stereocenters. The van der Waals surface area contributed by atoms with Crippen LogP contribution in [0.4, 0.5) is 5.69 Å². The quantitative estimate of drug-likeness (QED) is 0.658. The van der Waals surface area contributed by atoms with Crippen LogP contribution in [0.2, 0.25) is 5.02 Å². The maximum Gasteiger partial charge on any atom is 0.259 e. The number of anilines is 1.